The molecule has 2 fully saturated rings. The lowest BCUT2D eigenvalue weighted by atomic mass is 9.92. The lowest BCUT2D eigenvalue weighted by molar-refractivity contribution is -0.137. The van der Waals surface area contributed by atoms with Crippen LogP contribution in [0.15, 0.2) is 48.5 Å². The molecule has 1 unspecified atom stereocenters. The van der Waals surface area contributed by atoms with E-state index < -0.39 is 17.6 Å². The number of benzene rings is 2. The van der Waals surface area contributed by atoms with Crippen LogP contribution >= 0.6 is 11.6 Å². The van der Waals surface area contributed by atoms with Crippen LogP contribution in [0.3, 0.4) is 0 Å². The zero-order valence-electron chi connectivity index (χ0n) is 24.6. The van der Waals surface area contributed by atoms with E-state index in [-0.39, 0.29) is 23.6 Å². The third-order valence-corrected chi connectivity index (χ3v) is 9.44. The van der Waals surface area contributed by atoms with Gasteiger partial charge in [0.1, 0.15) is 23.9 Å². The standard InChI is InChI=1S/C33H43ClN4O4/c1-3-21(2)29-31(40)38-33(13-6-7-14-33)32(41)37-27(18-22-9-8-10-24(34)17-22)30(39)36-20-23-19-26(23)25-11-4-5-12-28(25)42-16-15-35-29/h4-5,8-12,17,21,23,26-27,29,35H,3,6-7,13-16,18-20H2,1-2H3,(H,36,39)(H,37,41)(H,38,40)/t21?,23-,26-,27+,29+/m1/s1. The Hall–Kier alpha value is -3.10. The average molecular weight is 595 g/mol. The van der Waals surface area contributed by atoms with Crippen LogP contribution in [0.25, 0.3) is 0 Å². The Morgan fingerprint density at radius 2 is 1.83 bits per heavy atom. The van der Waals surface area contributed by atoms with E-state index in [1.54, 1.807) is 6.07 Å². The molecule has 2 aromatic carbocycles. The van der Waals surface area contributed by atoms with Crippen molar-refractivity contribution in [1.82, 2.24) is 21.3 Å². The first-order valence-corrected chi connectivity index (χ1v) is 15.8. The number of hydrogen-bond acceptors (Lipinski definition) is 5. The molecule has 0 aromatic heterocycles. The summed E-state index contributed by atoms with van der Waals surface area (Å²) in [6.45, 7) is 5.53. The molecule has 4 N–H and O–H groups in total. The molecule has 0 bridgehead atoms. The van der Waals surface area contributed by atoms with Crippen molar-refractivity contribution in [3.63, 3.8) is 0 Å². The first-order valence-electron chi connectivity index (χ1n) is 15.4. The number of para-hydroxylation sites is 1. The molecule has 5 atom stereocenters. The molecule has 2 aliphatic carbocycles. The molecule has 2 aromatic rings. The summed E-state index contributed by atoms with van der Waals surface area (Å²) in [6.07, 6.45) is 4.79. The van der Waals surface area contributed by atoms with Crippen LogP contribution in [0, 0.1) is 11.8 Å². The van der Waals surface area contributed by atoms with Gasteiger partial charge >= 0.3 is 0 Å². The second kappa shape index (κ2) is 13.5. The van der Waals surface area contributed by atoms with Gasteiger partial charge in [0.05, 0.1) is 6.04 Å². The average Bonchev–Trinajstić information content (AvgIpc) is 3.60. The number of carbonyl (C=O) groups is 3. The van der Waals surface area contributed by atoms with Gasteiger partial charge in [0.2, 0.25) is 17.7 Å². The molecule has 1 aliphatic heterocycles. The van der Waals surface area contributed by atoms with Crippen molar-refractivity contribution in [2.45, 2.75) is 82.3 Å². The fourth-order valence-corrected chi connectivity index (χ4v) is 6.61. The van der Waals surface area contributed by atoms with Gasteiger partial charge in [0.25, 0.3) is 0 Å². The van der Waals surface area contributed by atoms with Gasteiger partial charge in [-0.05, 0) is 66.3 Å². The predicted molar refractivity (Wildman–Crippen MR) is 163 cm³/mol. The van der Waals surface area contributed by atoms with Gasteiger partial charge in [-0.1, -0.05) is 75.0 Å². The molecule has 0 saturated heterocycles. The van der Waals surface area contributed by atoms with Crippen molar-refractivity contribution in [2.75, 3.05) is 19.7 Å². The first-order chi connectivity index (χ1) is 20.3. The van der Waals surface area contributed by atoms with Crippen molar-refractivity contribution in [3.8, 4) is 5.75 Å². The predicted octanol–water partition coefficient (Wildman–Crippen LogP) is 4.11. The quantitative estimate of drug-likeness (QED) is 0.426. The van der Waals surface area contributed by atoms with Gasteiger partial charge in [0.15, 0.2) is 0 Å². The Kier molecular flexibility index (Phi) is 9.74. The number of carbonyl (C=O) groups excluding carboxylic acids is 3. The van der Waals surface area contributed by atoms with E-state index in [4.69, 9.17) is 16.3 Å². The van der Waals surface area contributed by atoms with Crippen molar-refractivity contribution in [2.24, 2.45) is 11.8 Å². The minimum Gasteiger partial charge on any atom is -0.492 e. The molecule has 2 saturated carbocycles. The Balaban J connectivity index is 1.43. The van der Waals surface area contributed by atoms with Crippen molar-refractivity contribution in [3.05, 3.63) is 64.7 Å². The molecule has 0 radical (unpaired) electrons. The van der Waals surface area contributed by atoms with Crippen LogP contribution in [0.5, 0.6) is 5.75 Å². The van der Waals surface area contributed by atoms with Crippen LogP contribution in [0.1, 0.15) is 69.4 Å². The summed E-state index contributed by atoms with van der Waals surface area (Å²) in [5.41, 5.74) is 0.937. The van der Waals surface area contributed by atoms with E-state index in [0.717, 1.165) is 42.6 Å². The van der Waals surface area contributed by atoms with Gasteiger partial charge in [-0.3, -0.25) is 14.4 Å². The maximum Gasteiger partial charge on any atom is 0.246 e. The van der Waals surface area contributed by atoms with Crippen LogP contribution in [-0.2, 0) is 20.8 Å². The highest BCUT2D eigenvalue weighted by atomic mass is 35.5. The zero-order chi connectivity index (χ0) is 29.7. The largest absolute Gasteiger partial charge is 0.492 e. The van der Waals surface area contributed by atoms with Crippen molar-refractivity contribution in [1.29, 1.82) is 0 Å². The fraction of sp³-hybridized carbons (Fsp3) is 0.545. The van der Waals surface area contributed by atoms with Crippen molar-refractivity contribution < 1.29 is 19.1 Å². The van der Waals surface area contributed by atoms with E-state index >= 15 is 0 Å². The normalized spacial score (nSPS) is 27.3. The van der Waals surface area contributed by atoms with E-state index in [0.29, 0.717) is 55.8 Å². The highest BCUT2D eigenvalue weighted by Gasteiger charge is 2.45. The summed E-state index contributed by atoms with van der Waals surface area (Å²) in [4.78, 5) is 41.3. The smallest absolute Gasteiger partial charge is 0.246 e. The molecular formula is C33H43ClN4O4. The Labute approximate surface area is 253 Å². The fourth-order valence-electron chi connectivity index (χ4n) is 6.40. The topological polar surface area (TPSA) is 109 Å². The van der Waals surface area contributed by atoms with Crippen molar-refractivity contribution >= 4 is 29.3 Å². The Morgan fingerprint density at radius 1 is 1.05 bits per heavy atom. The van der Waals surface area contributed by atoms with E-state index in [2.05, 4.69) is 34.3 Å². The SMILES string of the molecule is CCC(C)[C@@H]1NCCOc2ccccc2[C@@H]2C[C@@H]2CNC(=O)[C@H](Cc2cccc(Cl)c2)NC(=O)C2(CCCC2)NC1=O. The summed E-state index contributed by atoms with van der Waals surface area (Å²) in [5.74, 6) is 0.764. The number of hydrogen-bond donors (Lipinski definition) is 4. The third-order valence-electron chi connectivity index (χ3n) is 9.20. The van der Waals surface area contributed by atoms with Gasteiger partial charge in [-0.2, -0.15) is 0 Å². The van der Waals surface area contributed by atoms with Gasteiger partial charge in [-0.15, -0.1) is 0 Å². The van der Waals surface area contributed by atoms with Gasteiger partial charge < -0.3 is 26.0 Å². The summed E-state index contributed by atoms with van der Waals surface area (Å²) in [7, 11) is 0. The minimum absolute atomic E-state index is 0.0537. The lowest BCUT2D eigenvalue weighted by Crippen LogP contribution is -2.64. The zero-order valence-corrected chi connectivity index (χ0v) is 25.3. The van der Waals surface area contributed by atoms with E-state index in [1.165, 1.54) is 0 Å². The molecule has 1 spiro atoms. The number of fused-ring (bicyclic) bond motifs is 3. The second-order valence-corrected chi connectivity index (χ2v) is 12.6. The van der Waals surface area contributed by atoms with Crippen LogP contribution in [0.4, 0.5) is 0 Å². The maximum atomic E-state index is 14.0. The van der Waals surface area contributed by atoms with E-state index in [9.17, 15) is 14.4 Å². The minimum atomic E-state index is -1.06. The monoisotopic (exact) mass is 594 g/mol. The Bertz CT molecular complexity index is 1280. The number of amides is 3. The molecule has 1 heterocycles. The van der Waals surface area contributed by atoms with Crippen LogP contribution in [0.2, 0.25) is 5.02 Å². The van der Waals surface area contributed by atoms with Gasteiger partial charge in [-0.25, -0.2) is 0 Å². The molecule has 5 rings (SSSR count). The highest BCUT2D eigenvalue weighted by Crippen LogP contribution is 2.50. The van der Waals surface area contributed by atoms with E-state index in [1.807, 2.05) is 43.3 Å². The molecular weight excluding hydrogens is 552 g/mol. The maximum absolute atomic E-state index is 14.0. The number of halogens is 1. The Morgan fingerprint density at radius 3 is 2.60 bits per heavy atom. The molecule has 42 heavy (non-hydrogen) atoms. The molecule has 8 nitrogen and oxygen atoms in total. The molecule has 9 heteroatoms. The summed E-state index contributed by atoms with van der Waals surface area (Å²) in [5, 5.41) is 13.3. The lowest BCUT2D eigenvalue weighted by Gasteiger charge is -2.34. The summed E-state index contributed by atoms with van der Waals surface area (Å²) >= 11 is 6.24. The molecule has 3 aliphatic rings. The second-order valence-electron chi connectivity index (χ2n) is 12.2. The number of rotatable bonds is 4. The highest BCUT2D eigenvalue weighted by molar-refractivity contribution is 6.30. The number of nitrogens with one attached hydrogen (secondary N) is 4. The first kappa shape index (κ1) is 30.4. The molecule has 3 amide bonds. The summed E-state index contributed by atoms with van der Waals surface area (Å²) < 4.78 is 6.20. The van der Waals surface area contributed by atoms with Crippen LogP contribution < -0.4 is 26.0 Å². The van der Waals surface area contributed by atoms with Gasteiger partial charge in [0, 0.05) is 24.5 Å². The van der Waals surface area contributed by atoms with Crippen LogP contribution in [-0.4, -0.2) is 55.0 Å². The summed E-state index contributed by atoms with van der Waals surface area (Å²) in [6, 6.07) is 14.1. The number of ether oxygens (including phenoxy) is 1. The molecule has 226 valence electrons. The third kappa shape index (κ3) is 7.09.